The number of nitrogens with one attached hydrogen (secondary N) is 1. The lowest BCUT2D eigenvalue weighted by Gasteiger charge is -2.29. The first kappa shape index (κ1) is 18.5. The normalized spacial score (nSPS) is 13.8. The number of amides is 1. The van der Waals surface area contributed by atoms with E-state index in [9.17, 15) is 14.0 Å². The van der Waals surface area contributed by atoms with Gasteiger partial charge in [0.25, 0.3) is 0 Å². The molecule has 0 aliphatic carbocycles. The molecule has 0 saturated heterocycles. The molecular weight excluding hydrogens is 403 g/mol. The van der Waals surface area contributed by atoms with Crippen molar-refractivity contribution in [3.63, 3.8) is 0 Å². The summed E-state index contributed by atoms with van der Waals surface area (Å²) in [4.78, 5) is 26.2. The van der Waals surface area contributed by atoms with Crippen molar-refractivity contribution in [2.24, 2.45) is 0 Å². The number of hydrogen-bond donors (Lipinski definition) is 1. The van der Waals surface area contributed by atoms with Crippen LogP contribution in [0.25, 0.3) is 0 Å². The van der Waals surface area contributed by atoms with Crippen LogP contribution in [0.15, 0.2) is 40.9 Å². The van der Waals surface area contributed by atoms with Crippen molar-refractivity contribution in [3.05, 3.63) is 63.4 Å². The van der Waals surface area contributed by atoms with Gasteiger partial charge in [0.05, 0.1) is 24.9 Å². The van der Waals surface area contributed by atoms with Crippen LogP contribution in [0.2, 0.25) is 0 Å². The molecule has 1 heterocycles. The number of benzene rings is 2. The highest BCUT2D eigenvalue weighted by Gasteiger charge is 2.23. The van der Waals surface area contributed by atoms with Crippen LogP contribution in [0, 0.1) is 5.82 Å². The van der Waals surface area contributed by atoms with E-state index in [-0.39, 0.29) is 24.1 Å². The van der Waals surface area contributed by atoms with E-state index in [0.29, 0.717) is 23.1 Å². The monoisotopic (exact) mass is 420 g/mol. The fraction of sp³-hybridized carbons (Fsp3) is 0.263. The fourth-order valence-electron chi connectivity index (χ4n) is 3.06. The molecule has 1 N–H and O–H groups in total. The Labute approximate surface area is 159 Å². The van der Waals surface area contributed by atoms with Gasteiger partial charge in [-0.3, -0.25) is 9.69 Å². The molecule has 0 fully saturated rings. The predicted molar refractivity (Wildman–Crippen MR) is 99.5 cm³/mol. The largest absolute Gasteiger partial charge is 0.465 e. The third-order valence-electron chi connectivity index (χ3n) is 4.33. The highest BCUT2D eigenvalue weighted by molar-refractivity contribution is 9.10. The van der Waals surface area contributed by atoms with Crippen LogP contribution in [0.5, 0.6) is 0 Å². The molecule has 0 saturated carbocycles. The van der Waals surface area contributed by atoms with E-state index in [1.54, 1.807) is 12.1 Å². The summed E-state index contributed by atoms with van der Waals surface area (Å²) in [5.74, 6) is -1.18. The van der Waals surface area contributed by atoms with Crippen molar-refractivity contribution in [3.8, 4) is 0 Å². The molecular formula is C19H18BrFN2O3. The molecule has 1 aliphatic rings. The molecule has 0 radical (unpaired) electrons. The van der Waals surface area contributed by atoms with Crippen molar-refractivity contribution in [1.82, 2.24) is 4.90 Å². The molecule has 1 aliphatic heterocycles. The lowest BCUT2D eigenvalue weighted by Crippen LogP contribution is -2.38. The van der Waals surface area contributed by atoms with Crippen molar-refractivity contribution in [2.75, 3.05) is 25.5 Å². The Balaban J connectivity index is 1.69. The minimum atomic E-state index is -0.496. The number of anilines is 1. The van der Waals surface area contributed by atoms with Gasteiger partial charge < -0.3 is 10.1 Å². The number of ether oxygens (including phenoxy) is 1. The van der Waals surface area contributed by atoms with Crippen molar-refractivity contribution in [2.45, 2.75) is 13.0 Å². The highest BCUT2D eigenvalue weighted by Crippen LogP contribution is 2.24. The number of rotatable bonds is 4. The Bertz CT molecular complexity index is 857. The molecule has 0 spiro atoms. The number of carbonyl (C=O) groups excluding carboxylic acids is 2. The number of fused-ring (bicyclic) bond motifs is 1. The number of nitrogens with zero attached hydrogens (tertiary/aromatic N) is 1. The summed E-state index contributed by atoms with van der Waals surface area (Å²) in [7, 11) is 1.35. The Morgan fingerprint density at radius 1 is 1.31 bits per heavy atom. The van der Waals surface area contributed by atoms with Gasteiger partial charge in [0.2, 0.25) is 5.91 Å². The maximum absolute atomic E-state index is 13.9. The summed E-state index contributed by atoms with van der Waals surface area (Å²) in [5, 5.41) is 2.59. The lowest BCUT2D eigenvalue weighted by atomic mass is 9.95. The molecule has 5 nitrogen and oxygen atoms in total. The minimum Gasteiger partial charge on any atom is -0.465 e. The second-order valence-electron chi connectivity index (χ2n) is 6.07. The maximum atomic E-state index is 13.9. The average molecular weight is 421 g/mol. The molecule has 3 rings (SSSR count). The van der Waals surface area contributed by atoms with Crippen LogP contribution in [-0.4, -0.2) is 37.0 Å². The zero-order valence-electron chi connectivity index (χ0n) is 14.2. The Morgan fingerprint density at radius 3 is 2.85 bits per heavy atom. The van der Waals surface area contributed by atoms with Gasteiger partial charge >= 0.3 is 5.97 Å². The topological polar surface area (TPSA) is 58.6 Å². The van der Waals surface area contributed by atoms with Gasteiger partial charge in [0.1, 0.15) is 5.82 Å². The van der Waals surface area contributed by atoms with Gasteiger partial charge in [-0.2, -0.15) is 0 Å². The van der Waals surface area contributed by atoms with Crippen LogP contribution < -0.4 is 5.32 Å². The Morgan fingerprint density at radius 2 is 2.12 bits per heavy atom. The minimum absolute atomic E-state index is 0.116. The number of halogens is 2. The first-order valence-corrected chi connectivity index (χ1v) is 8.93. The van der Waals surface area contributed by atoms with E-state index < -0.39 is 5.82 Å². The molecule has 1 amide bonds. The van der Waals surface area contributed by atoms with E-state index in [2.05, 4.69) is 21.2 Å². The van der Waals surface area contributed by atoms with Crippen molar-refractivity contribution < 1.29 is 18.7 Å². The molecule has 136 valence electrons. The van der Waals surface area contributed by atoms with Crippen LogP contribution in [0.3, 0.4) is 0 Å². The summed E-state index contributed by atoms with van der Waals surface area (Å²) in [6.07, 6.45) is 0.736. The second-order valence-corrected chi connectivity index (χ2v) is 6.98. The maximum Gasteiger partial charge on any atom is 0.338 e. The van der Waals surface area contributed by atoms with Crippen LogP contribution in [0.1, 0.15) is 21.5 Å². The van der Waals surface area contributed by atoms with E-state index in [1.807, 2.05) is 17.0 Å². The Kier molecular flexibility index (Phi) is 5.68. The summed E-state index contributed by atoms with van der Waals surface area (Å²) < 4.78 is 19.3. The quantitative estimate of drug-likeness (QED) is 0.770. The van der Waals surface area contributed by atoms with Crippen LogP contribution in [-0.2, 0) is 22.5 Å². The summed E-state index contributed by atoms with van der Waals surface area (Å²) in [5.41, 5.74) is 2.64. The summed E-state index contributed by atoms with van der Waals surface area (Å²) in [6, 6.07) is 10.0. The van der Waals surface area contributed by atoms with Crippen LogP contribution in [0.4, 0.5) is 10.1 Å². The molecule has 26 heavy (non-hydrogen) atoms. The van der Waals surface area contributed by atoms with Gasteiger partial charge in [0, 0.05) is 17.6 Å². The Hall–Kier alpha value is -2.25. The van der Waals surface area contributed by atoms with E-state index in [4.69, 9.17) is 4.74 Å². The third kappa shape index (κ3) is 4.11. The molecule has 2 aromatic carbocycles. The zero-order valence-corrected chi connectivity index (χ0v) is 15.8. The van der Waals surface area contributed by atoms with E-state index in [1.165, 1.54) is 19.2 Å². The van der Waals surface area contributed by atoms with Gasteiger partial charge in [-0.25, -0.2) is 9.18 Å². The first-order valence-electron chi connectivity index (χ1n) is 8.14. The number of esters is 1. The van der Waals surface area contributed by atoms with Gasteiger partial charge in [-0.1, -0.05) is 28.1 Å². The number of hydrogen-bond acceptors (Lipinski definition) is 4. The molecule has 0 bridgehead atoms. The highest BCUT2D eigenvalue weighted by atomic mass is 79.9. The van der Waals surface area contributed by atoms with Gasteiger partial charge in [-0.15, -0.1) is 0 Å². The van der Waals surface area contributed by atoms with E-state index in [0.717, 1.165) is 17.5 Å². The van der Waals surface area contributed by atoms with Crippen molar-refractivity contribution >= 4 is 33.5 Å². The molecule has 7 heteroatoms. The van der Waals surface area contributed by atoms with Gasteiger partial charge in [0.15, 0.2) is 0 Å². The smallest absolute Gasteiger partial charge is 0.338 e. The van der Waals surface area contributed by atoms with Crippen molar-refractivity contribution in [1.29, 1.82) is 0 Å². The number of carbonyl (C=O) groups is 2. The van der Waals surface area contributed by atoms with Crippen LogP contribution >= 0.6 is 15.9 Å². The fourth-order valence-corrected chi connectivity index (χ4v) is 3.39. The molecule has 0 aromatic heterocycles. The molecule has 2 aromatic rings. The summed E-state index contributed by atoms with van der Waals surface area (Å²) >= 11 is 3.18. The molecule has 0 unspecified atom stereocenters. The lowest BCUT2D eigenvalue weighted by molar-refractivity contribution is -0.117. The summed E-state index contributed by atoms with van der Waals surface area (Å²) in [6.45, 7) is 1.27. The SMILES string of the molecule is COC(=O)c1cccc2c1CN(CC(=O)Nc1ccc(Br)cc1F)CC2. The standard InChI is InChI=1S/C19H18BrFN2O3/c1-26-19(25)14-4-2-3-12-7-8-23(10-15(12)14)11-18(24)22-17-6-5-13(20)9-16(17)21/h2-6,9H,7-8,10-11H2,1H3,(H,22,24). The zero-order chi connectivity index (χ0) is 18.7. The van der Waals surface area contributed by atoms with E-state index >= 15 is 0 Å². The third-order valence-corrected chi connectivity index (χ3v) is 4.82. The average Bonchev–Trinajstić information content (AvgIpc) is 2.63. The predicted octanol–water partition coefficient (Wildman–Crippen LogP) is 3.37. The van der Waals surface area contributed by atoms with Gasteiger partial charge in [-0.05, 0) is 41.8 Å². The second kappa shape index (κ2) is 7.97. The first-order chi connectivity index (χ1) is 12.5. The molecule has 0 atom stereocenters. The number of methoxy groups -OCH3 is 1.